The van der Waals surface area contributed by atoms with E-state index >= 15 is 0 Å². The van der Waals surface area contributed by atoms with Gasteiger partial charge in [0.05, 0.1) is 29.9 Å². The van der Waals surface area contributed by atoms with Crippen LogP contribution in [0.25, 0.3) is 16.8 Å². The molecule has 4 aromatic rings. The number of methoxy groups -OCH3 is 1. The van der Waals surface area contributed by atoms with Crippen LogP contribution in [0.5, 0.6) is 11.5 Å². The third-order valence-electron chi connectivity index (χ3n) is 6.29. The van der Waals surface area contributed by atoms with E-state index in [-0.39, 0.29) is 5.91 Å². The standard InChI is InChI=1S/C32H28N2O5S/c1-4-38-28-18-21(10-16-27(28)39-20-22-9-11-23-7-5-6-8-25(23)17-22)19-29-30(35)34(2)32(40-29)33-26-14-12-24(13-15-26)31(36)37-3/h5-19H,4,20H2,1-3H3/b29-19-,33-32?. The highest BCUT2D eigenvalue weighted by Gasteiger charge is 2.30. The molecule has 0 aliphatic carbocycles. The van der Waals surface area contributed by atoms with Gasteiger partial charge < -0.3 is 14.2 Å². The summed E-state index contributed by atoms with van der Waals surface area (Å²) in [5.74, 6) is 0.686. The molecular weight excluding hydrogens is 524 g/mol. The fourth-order valence-electron chi connectivity index (χ4n) is 4.19. The van der Waals surface area contributed by atoms with Gasteiger partial charge in [-0.25, -0.2) is 9.79 Å². The number of likely N-dealkylation sites (N-methyl/N-ethyl adjacent to an activating group) is 1. The first-order valence-electron chi connectivity index (χ1n) is 12.8. The summed E-state index contributed by atoms with van der Waals surface area (Å²) in [5.41, 5.74) is 2.94. The van der Waals surface area contributed by atoms with E-state index in [1.54, 1.807) is 31.3 Å². The first-order chi connectivity index (χ1) is 19.4. The fourth-order valence-corrected chi connectivity index (χ4v) is 5.18. The Labute approximate surface area is 237 Å². The summed E-state index contributed by atoms with van der Waals surface area (Å²) in [5, 5.41) is 2.90. The lowest BCUT2D eigenvalue weighted by molar-refractivity contribution is -0.121. The SMILES string of the molecule is CCOc1cc(/C=C2\SC(=Nc3ccc(C(=O)OC)cc3)N(C)C2=O)ccc1OCc1ccc2ccccc2c1. The van der Waals surface area contributed by atoms with E-state index < -0.39 is 5.97 Å². The molecule has 0 unspecified atom stereocenters. The zero-order valence-electron chi connectivity index (χ0n) is 22.4. The zero-order valence-corrected chi connectivity index (χ0v) is 23.2. The molecule has 0 atom stereocenters. The number of carbonyl (C=O) groups is 2. The fraction of sp³-hybridized carbons (Fsp3) is 0.156. The van der Waals surface area contributed by atoms with Gasteiger partial charge in [0.15, 0.2) is 16.7 Å². The summed E-state index contributed by atoms with van der Waals surface area (Å²) in [7, 11) is 3.03. The molecule has 7 nitrogen and oxygen atoms in total. The first kappa shape index (κ1) is 27.0. The maximum absolute atomic E-state index is 13.0. The minimum absolute atomic E-state index is 0.149. The summed E-state index contributed by atoms with van der Waals surface area (Å²) in [6.45, 7) is 2.81. The zero-order chi connectivity index (χ0) is 28.1. The van der Waals surface area contributed by atoms with Gasteiger partial charge in [-0.2, -0.15) is 0 Å². The van der Waals surface area contributed by atoms with Crippen LogP contribution in [0.3, 0.4) is 0 Å². The molecule has 1 fully saturated rings. The van der Waals surface area contributed by atoms with E-state index in [1.807, 2.05) is 43.3 Å². The summed E-state index contributed by atoms with van der Waals surface area (Å²) >= 11 is 1.29. The van der Waals surface area contributed by atoms with Crippen molar-refractivity contribution < 1.29 is 23.8 Å². The molecule has 0 spiro atoms. The van der Waals surface area contributed by atoms with Gasteiger partial charge in [0.25, 0.3) is 5.91 Å². The number of esters is 1. The molecule has 0 N–H and O–H groups in total. The van der Waals surface area contributed by atoms with Crippen LogP contribution in [0.15, 0.2) is 94.8 Å². The Hall–Kier alpha value is -4.56. The van der Waals surface area contributed by atoms with Gasteiger partial charge in [-0.05, 0) is 89.1 Å². The van der Waals surface area contributed by atoms with E-state index in [9.17, 15) is 9.59 Å². The third kappa shape index (κ3) is 6.02. The number of aliphatic imine (C=N–C) groups is 1. The second kappa shape index (κ2) is 12.1. The number of fused-ring (bicyclic) bond motifs is 1. The number of hydrogen-bond acceptors (Lipinski definition) is 7. The van der Waals surface area contributed by atoms with Crippen LogP contribution in [-0.4, -0.2) is 42.7 Å². The van der Waals surface area contributed by atoms with Crippen molar-refractivity contribution in [1.29, 1.82) is 0 Å². The molecule has 5 rings (SSSR count). The molecule has 40 heavy (non-hydrogen) atoms. The molecule has 0 aromatic heterocycles. The summed E-state index contributed by atoms with van der Waals surface area (Å²) in [6, 6.07) is 26.9. The van der Waals surface area contributed by atoms with Crippen molar-refractivity contribution in [1.82, 2.24) is 4.90 Å². The second-order valence-corrected chi connectivity index (χ2v) is 10.0. The van der Waals surface area contributed by atoms with E-state index in [0.717, 1.165) is 11.1 Å². The quantitative estimate of drug-likeness (QED) is 0.176. The molecule has 1 amide bonds. The smallest absolute Gasteiger partial charge is 0.337 e. The average Bonchev–Trinajstić information content (AvgIpc) is 3.24. The highest BCUT2D eigenvalue weighted by molar-refractivity contribution is 8.18. The summed E-state index contributed by atoms with van der Waals surface area (Å²) < 4.78 is 16.7. The number of rotatable bonds is 8. The van der Waals surface area contributed by atoms with E-state index in [0.29, 0.717) is 46.0 Å². The maximum atomic E-state index is 13.0. The normalized spacial score (nSPS) is 15.2. The molecule has 1 heterocycles. The van der Waals surface area contributed by atoms with Crippen LogP contribution in [0, 0.1) is 0 Å². The number of thioether (sulfide) groups is 1. The van der Waals surface area contributed by atoms with Crippen molar-refractivity contribution in [2.24, 2.45) is 4.99 Å². The molecule has 202 valence electrons. The Morgan fingerprint density at radius 1 is 0.925 bits per heavy atom. The topological polar surface area (TPSA) is 77.4 Å². The highest BCUT2D eigenvalue weighted by atomic mass is 32.2. The van der Waals surface area contributed by atoms with Gasteiger partial charge in [0.2, 0.25) is 0 Å². The number of amides is 1. The Bertz CT molecular complexity index is 1630. The van der Waals surface area contributed by atoms with Crippen LogP contribution in [0.1, 0.15) is 28.4 Å². The van der Waals surface area contributed by atoms with Crippen molar-refractivity contribution >= 4 is 51.3 Å². The Kier molecular flexibility index (Phi) is 8.17. The van der Waals surface area contributed by atoms with Crippen molar-refractivity contribution in [3.05, 3.63) is 107 Å². The van der Waals surface area contributed by atoms with Crippen LogP contribution in [-0.2, 0) is 16.1 Å². The maximum Gasteiger partial charge on any atom is 0.337 e. The largest absolute Gasteiger partial charge is 0.490 e. The van der Waals surface area contributed by atoms with Gasteiger partial charge in [-0.15, -0.1) is 0 Å². The molecule has 4 aromatic carbocycles. The van der Waals surface area contributed by atoms with E-state index in [4.69, 9.17) is 14.2 Å². The Morgan fingerprint density at radius 2 is 1.70 bits per heavy atom. The predicted octanol–water partition coefficient (Wildman–Crippen LogP) is 6.84. The van der Waals surface area contributed by atoms with Gasteiger partial charge in [-0.3, -0.25) is 9.69 Å². The van der Waals surface area contributed by atoms with E-state index in [2.05, 4.69) is 35.3 Å². The Morgan fingerprint density at radius 3 is 2.45 bits per heavy atom. The predicted molar refractivity (Wildman–Crippen MR) is 159 cm³/mol. The number of carbonyl (C=O) groups excluding carboxylic acids is 2. The second-order valence-electron chi connectivity index (χ2n) is 9.02. The number of hydrogen-bond donors (Lipinski definition) is 0. The third-order valence-corrected chi connectivity index (χ3v) is 7.35. The molecular formula is C32H28N2O5S. The van der Waals surface area contributed by atoms with Crippen LogP contribution in [0.2, 0.25) is 0 Å². The molecule has 0 saturated carbocycles. The van der Waals surface area contributed by atoms with Crippen molar-refractivity contribution in [3.63, 3.8) is 0 Å². The Balaban J connectivity index is 1.32. The molecule has 1 aliphatic heterocycles. The van der Waals surface area contributed by atoms with Crippen LogP contribution in [0.4, 0.5) is 5.69 Å². The van der Waals surface area contributed by atoms with Crippen LogP contribution < -0.4 is 9.47 Å². The molecule has 8 heteroatoms. The van der Waals surface area contributed by atoms with Gasteiger partial charge in [0, 0.05) is 7.05 Å². The monoisotopic (exact) mass is 552 g/mol. The molecule has 1 saturated heterocycles. The molecule has 1 aliphatic rings. The lowest BCUT2D eigenvalue weighted by Gasteiger charge is -2.13. The number of nitrogens with zero attached hydrogens (tertiary/aromatic N) is 2. The van der Waals surface area contributed by atoms with Crippen LogP contribution >= 0.6 is 11.8 Å². The molecule has 0 radical (unpaired) electrons. The minimum Gasteiger partial charge on any atom is -0.490 e. The lowest BCUT2D eigenvalue weighted by Crippen LogP contribution is -2.23. The number of amidine groups is 1. The van der Waals surface area contributed by atoms with Gasteiger partial charge in [0.1, 0.15) is 6.61 Å². The summed E-state index contributed by atoms with van der Waals surface area (Å²) in [4.78, 5) is 31.3. The average molecular weight is 553 g/mol. The van der Waals surface area contributed by atoms with Gasteiger partial charge in [-0.1, -0.05) is 42.5 Å². The number of benzene rings is 4. The number of ether oxygens (including phenoxy) is 3. The van der Waals surface area contributed by atoms with E-state index in [1.165, 1.54) is 34.5 Å². The van der Waals surface area contributed by atoms with Crippen molar-refractivity contribution in [3.8, 4) is 11.5 Å². The lowest BCUT2D eigenvalue weighted by atomic mass is 10.1. The first-order valence-corrected chi connectivity index (χ1v) is 13.6. The molecule has 0 bridgehead atoms. The highest BCUT2D eigenvalue weighted by Crippen LogP contribution is 2.35. The minimum atomic E-state index is -0.413. The van der Waals surface area contributed by atoms with Gasteiger partial charge >= 0.3 is 5.97 Å². The van der Waals surface area contributed by atoms with Crippen molar-refractivity contribution in [2.45, 2.75) is 13.5 Å². The van der Waals surface area contributed by atoms with Crippen molar-refractivity contribution in [2.75, 3.05) is 20.8 Å². The summed E-state index contributed by atoms with van der Waals surface area (Å²) in [6.07, 6.45) is 1.82.